The fraction of sp³-hybridized carbons (Fsp3) is 0.478. The van der Waals surface area contributed by atoms with Crippen molar-refractivity contribution in [1.29, 1.82) is 0 Å². The van der Waals surface area contributed by atoms with Gasteiger partial charge in [-0.1, -0.05) is 6.42 Å². The smallest absolute Gasteiger partial charge is 0.261 e. The van der Waals surface area contributed by atoms with E-state index < -0.39 is 0 Å². The Morgan fingerprint density at radius 2 is 1.74 bits per heavy atom. The molecule has 1 aliphatic heterocycles. The Morgan fingerprint density at radius 3 is 2.58 bits per heavy atom. The third-order valence-corrected chi connectivity index (χ3v) is 6.45. The van der Waals surface area contributed by atoms with Gasteiger partial charge in [0, 0.05) is 43.1 Å². The van der Waals surface area contributed by atoms with Crippen LogP contribution in [0.4, 0.5) is 11.5 Å². The third-order valence-electron chi connectivity index (χ3n) is 6.45. The summed E-state index contributed by atoms with van der Waals surface area (Å²) in [6, 6.07) is 5.85. The first kappa shape index (κ1) is 19.9. The standard InChI is InChI=1S/C23H28N6O2/c30-13-12-29-16-26-21-14-17(6-7-19(21)23(29)31)27-8-10-28(11-9-27)22-18-4-2-1-3-5-20(18)24-15-25-22/h6-7,14-16,30H,1-5,8-13H2. The van der Waals surface area contributed by atoms with Crippen molar-refractivity contribution in [3.63, 3.8) is 0 Å². The van der Waals surface area contributed by atoms with E-state index in [1.807, 2.05) is 18.2 Å². The maximum absolute atomic E-state index is 12.5. The predicted molar refractivity (Wildman–Crippen MR) is 121 cm³/mol. The molecule has 8 nitrogen and oxygen atoms in total. The van der Waals surface area contributed by atoms with Gasteiger partial charge in [-0.2, -0.15) is 0 Å². The van der Waals surface area contributed by atoms with Crippen molar-refractivity contribution in [3.05, 3.63) is 52.5 Å². The normalized spacial score (nSPS) is 16.9. The summed E-state index contributed by atoms with van der Waals surface area (Å²) in [5.41, 5.74) is 4.25. The van der Waals surface area contributed by atoms with Crippen LogP contribution >= 0.6 is 0 Å². The zero-order valence-corrected chi connectivity index (χ0v) is 17.7. The highest BCUT2D eigenvalue weighted by atomic mass is 16.3. The Labute approximate surface area is 181 Å². The summed E-state index contributed by atoms with van der Waals surface area (Å²) in [7, 11) is 0. The van der Waals surface area contributed by atoms with Crippen molar-refractivity contribution in [2.45, 2.75) is 38.6 Å². The van der Waals surface area contributed by atoms with Crippen LogP contribution < -0.4 is 15.4 Å². The molecular weight excluding hydrogens is 392 g/mol. The maximum Gasteiger partial charge on any atom is 0.261 e. The van der Waals surface area contributed by atoms with Crippen LogP contribution in [0.3, 0.4) is 0 Å². The van der Waals surface area contributed by atoms with Crippen molar-refractivity contribution >= 4 is 22.4 Å². The molecule has 8 heteroatoms. The minimum Gasteiger partial charge on any atom is -0.395 e. The highest BCUT2D eigenvalue weighted by molar-refractivity contribution is 5.81. The van der Waals surface area contributed by atoms with Gasteiger partial charge in [0.2, 0.25) is 0 Å². The molecule has 0 amide bonds. The number of hydrogen-bond acceptors (Lipinski definition) is 7. The predicted octanol–water partition coefficient (Wildman–Crippen LogP) is 1.77. The molecule has 162 valence electrons. The Kier molecular flexibility index (Phi) is 5.55. The van der Waals surface area contributed by atoms with Crippen LogP contribution in [0, 0.1) is 0 Å². The van der Waals surface area contributed by atoms with Crippen LogP contribution in [0.1, 0.15) is 30.5 Å². The molecule has 0 spiro atoms. The summed E-state index contributed by atoms with van der Waals surface area (Å²) in [5.74, 6) is 1.12. The van der Waals surface area contributed by atoms with Crippen LogP contribution in [0.5, 0.6) is 0 Å². The fourth-order valence-corrected chi connectivity index (χ4v) is 4.74. The molecule has 0 unspecified atom stereocenters. The molecule has 0 saturated carbocycles. The average Bonchev–Trinajstić information content (AvgIpc) is 3.06. The van der Waals surface area contributed by atoms with Crippen LogP contribution in [0.2, 0.25) is 0 Å². The van der Waals surface area contributed by atoms with Gasteiger partial charge in [-0.25, -0.2) is 15.0 Å². The van der Waals surface area contributed by atoms with Crippen molar-refractivity contribution < 1.29 is 5.11 Å². The molecule has 31 heavy (non-hydrogen) atoms. The molecule has 1 aliphatic carbocycles. The lowest BCUT2D eigenvalue weighted by atomic mass is 10.1. The van der Waals surface area contributed by atoms with Crippen LogP contribution in [-0.2, 0) is 19.4 Å². The van der Waals surface area contributed by atoms with Crippen molar-refractivity contribution in [1.82, 2.24) is 19.5 Å². The van der Waals surface area contributed by atoms with Crippen molar-refractivity contribution in [2.75, 3.05) is 42.6 Å². The highest BCUT2D eigenvalue weighted by Gasteiger charge is 2.23. The molecule has 0 atom stereocenters. The Bertz CT molecular complexity index is 1140. The Hall–Kier alpha value is -3.00. The summed E-state index contributed by atoms with van der Waals surface area (Å²) in [5, 5.41) is 9.69. The largest absolute Gasteiger partial charge is 0.395 e. The van der Waals surface area contributed by atoms with Gasteiger partial charge in [-0.3, -0.25) is 9.36 Å². The van der Waals surface area contributed by atoms with E-state index in [1.54, 1.807) is 6.33 Å². The molecule has 0 radical (unpaired) electrons. The zero-order chi connectivity index (χ0) is 21.2. The maximum atomic E-state index is 12.5. The lowest BCUT2D eigenvalue weighted by molar-refractivity contribution is 0.274. The number of hydrogen-bond donors (Lipinski definition) is 1. The lowest BCUT2D eigenvalue weighted by Crippen LogP contribution is -2.47. The van der Waals surface area contributed by atoms with Crippen molar-refractivity contribution in [2.24, 2.45) is 0 Å². The molecule has 3 aromatic rings. The van der Waals surface area contributed by atoms with E-state index in [0.29, 0.717) is 10.9 Å². The molecule has 5 rings (SSSR count). The summed E-state index contributed by atoms with van der Waals surface area (Å²) in [6.45, 7) is 3.79. The van der Waals surface area contributed by atoms with Gasteiger partial charge in [-0.15, -0.1) is 0 Å². The molecule has 1 fully saturated rings. The SMILES string of the molecule is O=c1c2ccc(N3CCN(c4ncnc5c4CCCCC5)CC3)cc2ncn1CCO. The second-order valence-electron chi connectivity index (χ2n) is 8.33. The van der Waals surface area contributed by atoms with E-state index in [9.17, 15) is 4.79 Å². The summed E-state index contributed by atoms with van der Waals surface area (Å²) in [6.07, 6.45) is 9.10. The molecule has 1 N–H and O–H groups in total. The Balaban J connectivity index is 1.33. The van der Waals surface area contributed by atoms with Gasteiger partial charge in [0.05, 0.1) is 30.4 Å². The topological polar surface area (TPSA) is 87.4 Å². The van der Waals surface area contributed by atoms with Gasteiger partial charge >= 0.3 is 0 Å². The molecule has 1 saturated heterocycles. The number of benzene rings is 1. The third kappa shape index (κ3) is 3.87. The van der Waals surface area contributed by atoms with Crippen LogP contribution in [-0.4, -0.2) is 57.4 Å². The van der Waals surface area contributed by atoms with Crippen LogP contribution in [0.15, 0.2) is 35.6 Å². The molecule has 2 aromatic heterocycles. The van der Waals surface area contributed by atoms with Gasteiger partial charge in [0.15, 0.2) is 0 Å². The summed E-state index contributed by atoms with van der Waals surface area (Å²) in [4.78, 5) is 30.9. The van der Waals surface area contributed by atoms with Gasteiger partial charge in [0.1, 0.15) is 12.1 Å². The number of aliphatic hydroxyl groups is 1. The highest BCUT2D eigenvalue weighted by Crippen LogP contribution is 2.28. The second kappa shape index (κ2) is 8.63. The molecular formula is C23H28N6O2. The number of aryl methyl sites for hydroxylation is 1. The van der Waals surface area contributed by atoms with E-state index in [1.165, 1.54) is 41.4 Å². The average molecular weight is 421 g/mol. The lowest BCUT2D eigenvalue weighted by Gasteiger charge is -2.37. The van der Waals surface area contributed by atoms with Crippen molar-refractivity contribution in [3.8, 4) is 0 Å². The zero-order valence-electron chi connectivity index (χ0n) is 17.7. The molecule has 1 aromatic carbocycles. The summed E-state index contributed by atoms with van der Waals surface area (Å²) >= 11 is 0. The second-order valence-corrected chi connectivity index (χ2v) is 8.33. The molecule has 2 aliphatic rings. The number of fused-ring (bicyclic) bond motifs is 2. The van der Waals surface area contributed by atoms with E-state index in [-0.39, 0.29) is 18.7 Å². The minimum atomic E-state index is -0.111. The van der Waals surface area contributed by atoms with Gasteiger partial charge < -0.3 is 14.9 Å². The van der Waals surface area contributed by atoms with E-state index >= 15 is 0 Å². The van der Waals surface area contributed by atoms with Crippen LogP contribution in [0.25, 0.3) is 10.9 Å². The minimum absolute atomic E-state index is 0.0784. The number of aliphatic hydroxyl groups excluding tert-OH is 1. The number of rotatable bonds is 4. The quantitative estimate of drug-likeness (QED) is 0.644. The number of anilines is 2. The first-order chi connectivity index (χ1) is 15.2. The first-order valence-corrected chi connectivity index (χ1v) is 11.2. The fourth-order valence-electron chi connectivity index (χ4n) is 4.74. The van der Waals surface area contributed by atoms with E-state index in [2.05, 4.69) is 24.8 Å². The molecule has 0 bridgehead atoms. The number of nitrogens with zero attached hydrogens (tertiary/aromatic N) is 6. The van der Waals surface area contributed by atoms with Gasteiger partial charge in [-0.05, 0) is 43.9 Å². The number of aromatic nitrogens is 4. The summed E-state index contributed by atoms with van der Waals surface area (Å²) < 4.78 is 1.45. The van der Waals surface area contributed by atoms with E-state index in [4.69, 9.17) is 5.11 Å². The first-order valence-electron chi connectivity index (χ1n) is 11.2. The molecule has 3 heterocycles. The van der Waals surface area contributed by atoms with E-state index in [0.717, 1.165) is 50.5 Å². The monoisotopic (exact) mass is 420 g/mol. The van der Waals surface area contributed by atoms with Gasteiger partial charge in [0.25, 0.3) is 5.56 Å². The number of piperazine rings is 1. The Morgan fingerprint density at radius 1 is 0.935 bits per heavy atom.